The average Bonchev–Trinajstić information content (AvgIpc) is 2.72. The number of para-hydroxylation sites is 1. The zero-order chi connectivity index (χ0) is 21.3. The number of aryl methyl sites for hydroxylation is 2. The van der Waals surface area contributed by atoms with Gasteiger partial charge < -0.3 is 5.32 Å². The van der Waals surface area contributed by atoms with Crippen molar-refractivity contribution in [2.45, 2.75) is 20.4 Å². The monoisotopic (exact) mass is 418 g/mol. The zero-order valence-electron chi connectivity index (χ0n) is 16.8. The third-order valence-electron chi connectivity index (χ3n) is 5.04. The number of ketones is 1. The lowest BCUT2D eigenvalue weighted by molar-refractivity contribution is 0.104. The van der Waals surface area contributed by atoms with E-state index in [0.717, 1.165) is 22.4 Å². The number of carbonyl (C=O) groups excluding carboxylic acids is 1. The molecule has 0 amide bonds. The highest BCUT2D eigenvalue weighted by molar-refractivity contribution is 7.97. The fraction of sp³-hybridized carbons (Fsp3) is 0.125. The molecule has 3 aromatic rings. The number of sulfonamides is 1. The summed E-state index contributed by atoms with van der Waals surface area (Å²) in [7, 11) is -4.03. The van der Waals surface area contributed by atoms with Gasteiger partial charge in [0.15, 0.2) is 4.91 Å². The molecule has 0 saturated carbocycles. The molecule has 0 unspecified atom stereocenters. The summed E-state index contributed by atoms with van der Waals surface area (Å²) < 4.78 is 28.2. The first-order valence-corrected chi connectivity index (χ1v) is 11.1. The predicted octanol–water partition coefficient (Wildman–Crippen LogP) is 4.79. The van der Waals surface area contributed by atoms with E-state index in [9.17, 15) is 13.2 Å². The van der Waals surface area contributed by atoms with E-state index < -0.39 is 15.8 Å². The molecule has 0 fully saturated rings. The molecule has 0 spiro atoms. The molecule has 152 valence electrons. The van der Waals surface area contributed by atoms with Gasteiger partial charge in [0.1, 0.15) is 0 Å². The Hall–Kier alpha value is -3.38. The summed E-state index contributed by atoms with van der Waals surface area (Å²) in [5.41, 5.74) is 4.46. The highest BCUT2D eigenvalue weighted by Gasteiger charge is 2.40. The molecule has 1 aliphatic rings. The maximum Gasteiger partial charge on any atom is 0.270 e. The van der Waals surface area contributed by atoms with Crippen LogP contribution >= 0.6 is 0 Å². The molecule has 4 rings (SSSR count). The van der Waals surface area contributed by atoms with Gasteiger partial charge >= 0.3 is 0 Å². The number of allylic oxidation sites excluding steroid dienone is 1. The third-order valence-corrected chi connectivity index (χ3v) is 6.81. The largest absolute Gasteiger partial charge is 0.360 e. The van der Waals surface area contributed by atoms with Gasteiger partial charge in [-0.15, -0.1) is 0 Å². The Balaban J connectivity index is 1.77. The molecule has 3 aromatic carbocycles. The fourth-order valence-corrected chi connectivity index (χ4v) is 4.96. The minimum absolute atomic E-state index is 0.148. The Morgan fingerprint density at radius 3 is 2.37 bits per heavy atom. The lowest BCUT2D eigenvalue weighted by Crippen LogP contribution is -2.39. The zero-order valence-corrected chi connectivity index (χ0v) is 17.6. The van der Waals surface area contributed by atoms with Gasteiger partial charge in [0.25, 0.3) is 10.0 Å². The number of nitrogens with one attached hydrogen (secondary N) is 1. The standard InChI is InChI=1S/C24H22N2O3S/c1-17-10-12-19(13-11-17)16-26-22-9-4-3-8-21(22)24(27)23(30(26,28)29)15-25-20-7-5-6-18(2)14-20/h3-15,25H,16H2,1-2H3. The average molecular weight is 419 g/mol. The fourth-order valence-electron chi connectivity index (χ4n) is 3.43. The molecule has 5 nitrogen and oxygen atoms in total. The molecule has 0 radical (unpaired) electrons. The molecular weight excluding hydrogens is 396 g/mol. The number of benzene rings is 3. The molecule has 0 atom stereocenters. The molecule has 0 aromatic heterocycles. The SMILES string of the molecule is Cc1ccc(CN2c3ccccc3C(=O)C(=CNc3cccc(C)c3)S2(=O)=O)cc1. The van der Waals surface area contributed by atoms with Crippen molar-refractivity contribution < 1.29 is 13.2 Å². The summed E-state index contributed by atoms with van der Waals surface area (Å²) in [6.45, 7) is 4.07. The summed E-state index contributed by atoms with van der Waals surface area (Å²) in [6, 6.07) is 22.0. The lowest BCUT2D eigenvalue weighted by Gasteiger charge is -2.31. The summed E-state index contributed by atoms with van der Waals surface area (Å²) >= 11 is 0. The Bertz CT molecular complexity index is 1250. The molecule has 1 aliphatic heterocycles. The van der Waals surface area contributed by atoms with E-state index >= 15 is 0 Å². The van der Waals surface area contributed by atoms with Crippen LogP contribution in [0.2, 0.25) is 0 Å². The van der Waals surface area contributed by atoms with Crippen LogP contribution < -0.4 is 9.62 Å². The first kappa shape index (κ1) is 19.9. The second-order valence-electron chi connectivity index (χ2n) is 7.37. The molecule has 0 bridgehead atoms. The topological polar surface area (TPSA) is 66.5 Å². The van der Waals surface area contributed by atoms with Gasteiger partial charge in [0, 0.05) is 17.5 Å². The number of hydrogen-bond donors (Lipinski definition) is 1. The molecule has 30 heavy (non-hydrogen) atoms. The Kier molecular flexibility index (Phi) is 5.18. The van der Waals surface area contributed by atoms with E-state index in [0.29, 0.717) is 11.3 Å². The smallest absolute Gasteiger partial charge is 0.270 e. The van der Waals surface area contributed by atoms with Gasteiger partial charge in [0.05, 0.1) is 12.2 Å². The molecular formula is C24H22N2O3S. The summed E-state index contributed by atoms with van der Waals surface area (Å²) in [4.78, 5) is 12.8. The minimum Gasteiger partial charge on any atom is -0.360 e. The van der Waals surface area contributed by atoms with Crippen LogP contribution in [0.15, 0.2) is 83.9 Å². The molecule has 1 heterocycles. The number of Topliss-reactive ketones (excluding diaryl/α,β-unsaturated/α-hetero) is 1. The first-order chi connectivity index (χ1) is 14.4. The van der Waals surface area contributed by atoms with Crippen LogP contribution in [0.5, 0.6) is 0 Å². The van der Waals surface area contributed by atoms with E-state index in [4.69, 9.17) is 0 Å². The highest BCUT2D eigenvalue weighted by atomic mass is 32.2. The molecule has 0 saturated heterocycles. The lowest BCUT2D eigenvalue weighted by atomic mass is 10.1. The Labute approximate surface area is 176 Å². The molecule has 1 N–H and O–H groups in total. The van der Waals surface area contributed by atoms with Crippen LogP contribution in [0, 0.1) is 13.8 Å². The number of hydrogen-bond acceptors (Lipinski definition) is 4. The van der Waals surface area contributed by atoms with Crippen molar-refractivity contribution in [1.82, 2.24) is 0 Å². The van der Waals surface area contributed by atoms with Gasteiger partial charge in [-0.1, -0.05) is 54.1 Å². The summed E-state index contributed by atoms with van der Waals surface area (Å²) in [6.07, 6.45) is 1.30. The second kappa shape index (κ2) is 7.80. The Morgan fingerprint density at radius 2 is 1.63 bits per heavy atom. The van der Waals surface area contributed by atoms with Gasteiger partial charge in [-0.2, -0.15) is 0 Å². The van der Waals surface area contributed by atoms with Crippen molar-refractivity contribution in [3.8, 4) is 0 Å². The summed E-state index contributed by atoms with van der Waals surface area (Å²) in [5, 5.41) is 2.98. The van der Waals surface area contributed by atoms with E-state index in [1.54, 1.807) is 24.3 Å². The summed E-state index contributed by atoms with van der Waals surface area (Å²) in [5.74, 6) is -0.508. The van der Waals surface area contributed by atoms with Gasteiger partial charge in [0.2, 0.25) is 5.78 Å². The van der Waals surface area contributed by atoms with Crippen molar-refractivity contribution in [1.29, 1.82) is 0 Å². The maximum absolute atomic E-state index is 13.4. The van der Waals surface area contributed by atoms with Gasteiger partial charge in [-0.3, -0.25) is 9.10 Å². The van der Waals surface area contributed by atoms with Crippen LogP contribution in [0.4, 0.5) is 11.4 Å². The van der Waals surface area contributed by atoms with Crippen molar-refractivity contribution in [3.05, 3.63) is 106 Å². The van der Waals surface area contributed by atoms with Crippen LogP contribution in [-0.4, -0.2) is 14.2 Å². The number of rotatable bonds is 4. The Morgan fingerprint density at radius 1 is 0.900 bits per heavy atom. The van der Waals surface area contributed by atoms with Crippen LogP contribution in [0.1, 0.15) is 27.0 Å². The van der Waals surface area contributed by atoms with Crippen molar-refractivity contribution in [2.24, 2.45) is 0 Å². The number of fused-ring (bicyclic) bond motifs is 1. The van der Waals surface area contributed by atoms with Crippen LogP contribution in [0.3, 0.4) is 0 Å². The number of nitrogens with zero attached hydrogens (tertiary/aromatic N) is 1. The van der Waals surface area contributed by atoms with E-state index in [1.165, 1.54) is 10.5 Å². The minimum atomic E-state index is -4.03. The predicted molar refractivity (Wildman–Crippen MR) is 120 cm³/mol. The van der Waals surface area contributed by atoms with Crippen LogP contribution in [0.25, 0.3) is 0 Å². The van der Waals surface area contributed by atoms with Gasteiger partial charge in [-0.05, 0) is 49.2 Å². The molecule has 6 heteroatoms. The first-order valence-electron chi connectivity index (χ1n) is 9.61. The second-order valence-corrected chi connectivity index (χ2v) is 9.20. The highest BCUT2D eigenvalue weighted by Crippen LogP contribution is 2.36. The van der Waals surface area contributed by atoms with Crippen molar-refractivity contribution in [2.75, 3.05) is 9.62 Å². The number of carbonyl (C=O) groups is 1. The van der Waals surface area contributed by atoms with E-state index in [1.807, 2.05) is 62.4 Å². The quantitative estimate of drug-likeness (QED) is 0.619. The normalized spacial score (nSPS) is 16.4. The third kappa shape index (κ3) is 3.74. The van der Waals surface area contributed by atoms with E-state index in [2.05, 4.69) is 5.32 Å². The maximum atomic E-state index is 13.4. The molecule has 0 aliphatic carbocycles. The van der Waals surface area contributed by atoms with Gasteiger partial charge in [-0.25, -0.2) is 8.42 Å². The van der Waals surface area contributed by atoms with E-state index in [-0.39, 0.29) is 11.4 Å². The number of anilines is 2. The van der Waals surface area contributed by atoms with Crippen molar-refractivity contribution in [3.63, 3.8) is 0 Å². The van der Waals surface area contributed by atoms with Crippen LogP contribution in [-0.2, 0) is 16.6 Å². The van der Waals surface area contributed by atoms with Crippen molar-refractivity contribution >= 4 is 27.2 Å².